The number of amides is 1. The van der Waals surface area contributed by atoms with E-state index in [2.05, 4.69) is 15.2 Å². The van der Waals surface area contributed by atoms with E-state index < -0.39 is 0 Å². The van der Waals surface area contributed by atoms with Crippen LogP contribution in [0.15, 0.2) is 36.4 Å². The van der Waals surface area contributed by atoms with Crippen molar-refractivity contribution in [3.8, 4) is 0 Å². The molecule has 1 aromatic heterocycles. The molecule has 0 aliphatic carbocycles. The quantitative estimate of drug-likeness (QED) is 0.910. The molecule has 3 rings (SSSR count). The van der Waals surface area contributed by atoms with Crippen LogP contribution in [0, 0.1) is 0 Å². The largest absolute Gasteiger partial charge is 0.347 e. The van der Waals surface area contributed by atoms with Crippen molar-refractivity contribution >= 4 is 17.5 Å². The van der Waals surface area contributed by atoms with Gasteiger partial charge in [0, 0.05) is 36.9 Å². The van der Waals surface area contributed by atoms with Crippen LogP contribution in [0.2, 0.25) is 5.02 Å². The fraction of sp³-hybridized carbons (Fsp3) is 0.267. The molecule has 0 saturated carbocycles. The van der Waals surface area contributed by atoms with Crippen molar-refractivity contribution in [2.75, 3.05) is 6.54 Å². The molecule has 0 saturated heterocycles. The number of aromatic nitrogens is 1. The number of benzene rings is 1. The Morgan fingerprint density at radius 2 is 2.25 bits per heavy atom. The summed E-state index contributed by atoms with van der Waals surface area (Å²) in [6.07, 6.45) is 0. The maximum Gasteiger partial charge on any atom is 0.268 e. The maximum absolute atomic E-state index is 12.3. The second-order valence-electron chi connectivity index (χ2n) is 4.85. The van der Waals surface area contributed by atoms with E-state index >= 15 is 0 Å². The Morgan fingerprint density at radius 3 is 3.10 bits per heavy atom. The predicted octanol–water partition coefficient (Wildman–Crippen LogP) is 2.17. The predicted molar refractivity (Wildman–Crippen MR) is 78.8 cm³/mol. The Kier molecular flexibility index (Phi) is 3.76. The number of hydrogen-bond acceptors (Lipinski definition) is 2. The molecule has 0 bridgehead atoms. The van der Waals surface area contributed by atoms with Crippen LogP contribution in [0.4, 0.5) is 0 Å². The molecule has 0 radical (unpaired) electrons. The minimum atomic E-state index is -0.0434. The van der Waals surface area contributed by atoms with Crippen LogP contribution >= 0.6 is 11.6 Å². The first-order chi connectivity index (χ1) is 9.74. The molecule has 0 atom stereocenters. The van der Waals surface area contributed by atoms with E-state index in [1.165, 1.54) is 0 Å². The molecular formula is C15H16ClN3O. The molecule has 1 amide bonds. The number of halogens is 1. The van der Waals surface area contributed by atoms with Gasteiger partial charge in [-0.15, -0.1) is 0 Å². The average molecular weight is 290 g/mol. The highest BCUT2D eigenvalue weighted by Crippen LogP contribution is 2.13. The van der Waals surface area contributed by atoms with Gasteiger partial charge in [-0.05, 0) is 29.8 Å². The maximum atomic E-state index is 12.3. The summed E-state index contributed by atoms with van der Waals surface area (Å²) in [5, 5.41) is 6.91. The Hall–Kier alpha value is -1.78. The molecular weight excluding hydrogens is 274 g/mol. The lowest BCUT2D eigenvalue weighted by Crippen LogP contribution is -2.32. The highest BCUT2D eigenvalue weighted by Gasteiger charge is 2.16. The number of carbonyl (C=O) groups excluding carboxylic acids is 1. The van der Waals surface area contributed by atoms with Crippen LogP contribution < -0.4 is 10.6 Å². The van der Waals surface area contributed by atoms with Crippen LogP contribution in [-0.2, 0) is 19.6 Å². The topological polar surface area (TPSA) is 46.1 Å². The van der Waals surface area contributed by atoms with Gasteiger partial charge in [0.2, 0.25) is 0 Å². The highest BCUT2D eigenvalue weighted by molar-refractivity contribution is 6.30. The summed E-state index contributed by atoms with van der Waals surface area (Å²) in [7, 11) is 0. The van der Waals surface area contributed by atoms with E-state index in [1.807, 2.05) is 36.4 Å². The standard InChI is InChI=1S/C15H16ClN3O/c16-12-3-1-2-11(8-12)9-18-15(20)14-5-4-13-10-17-6-7-19(13)14/h1-5,8,17H,6-7,9-10H2,(H,18,20). The molecule has 104 valence electrons. The molecule has 2 heterocycles. The number of fused-ring (bicyclic) bond motifs is 1. The molecule has 1 aromatic carbocycles. The summed E-state index contributed by atoms with van der Waals surface area (Å²) in [6, 6.07) is 11.4. The summed E-state index contributed by atoms with van der Waals surface area (Å²) >= 11 is 5.93. The summed E-state index contributed by atoms with van der Waals surface area (Å²) in [4.78, 5) is 12.3. The molecule has 2 aromatic rings. The van der Waals surface area contributed by atoms with Gasteiger partial charge in [0.05, 0.1) is 0 Å². The summed E-state index contributed by atoms with van der Waals surface area (Å²) in [5.41, 5.74) is 2.88. The lowest BCUT2D eigenvalue weighted by Gasteiger charge is -2.18. The van der Waals surface area contributed by atoms with Gasteiger partial charge in [0.1, 0.15) is 5.69 Å². The van der Waals surface area contributed by atoms with Crippen molar-refractivity contribution in [3.05, 3.63) is 58.4 Å². The smallest absolute Gasteiger partial charge is 0.268 e. The molecule has 0 fully saturated rings. The SMILES string of the molecule is O=C(NCc1cccc(Cl)c1)c1ccc2n1CCNC2. The second kappa shape index (κ2) is 5.69. The van der Waals surface area contributed by atoms with Gasteiger partial charge in [0.25, 0.3) is 5.91 Å². The third-order valence-corrected chi connectivity index (χ3v) is 3.70. The molecule has 1 aliphatic rings. The number of carbonyl (C=O) groups is 1. The first kappa shape index (κ1) is 13.2. The Bertz CT molecular complexity index is 636. The number of hydrogen-bond donors (Lipinski definition) is 2. The van der Waals surface area contributed by atoms with Crippen LogP contribution in [-0.4, -0.2) is 17.0 Å². The average Bonchev–Trinajstić information content (AvgIpc) is 2.89. The van der Waals surface area contributed by atoms with Gasteiger partial charge in [-0.1, -0.05) is 23.7 Å². The van der Waals surface area contributed by atoms with E-state index in [4.69, 9.17) is 11.6 Å². The zero-order valence-electron chi connectivity index (χ0n) is 11.0. The highest BCUT2D eigenvalue weighted by atomic mass is 35.5. The number of nitrogens with zero attached hydrogens (tertiary/aromatic N) is 1. The van der Waals surface area contributed by atoms with E-state index in [0.29, 0.717) is 11.6 Å². The number of rotatable bonds is 3. The summed E-state index contributed by atoms with van der Waals surface area (Å²) < 4.78 is 2.07. The Morgan fingerprint density at radius 1 is 1.35 bits per heavy atom. The van der Waals surface area contributed by atoms with Crippen LogP contribution in [0.3, 0.4) is 0 Å². The van der Waals surface area contributed by atoms with Crippen LogP contribution in [0.25, 0.3) is 0 Å². The molecule has 0 unspecified atom stereocenters. The van der Waals surface area contributed by atoms with Crippen molar-refractivity contribution in [1.29, 1.82) is 0 Å². The van der Waals surface area contributed by atoms with Crippen molar-refractivity contribution in [2.45, 2.75) is 19.6 Å². The molecule has 4 nitrogen and oxygen atoms in total. The van der Waals surface area contributed by atoms with E-state index in [9.17, 15) is 4.79 Å². The van der Waals surface area contributed by atoms with Gasteiger partial charge in [-0.25, -0.2) is 0 Å². The van der Waals surface area contributed by atoms with Gasteiger partial charge < -0.3 is 15.2 Å². The Balaban J connectivity index is 1.69. The first-order valence-electron chi connectivity index (χ1n) is 6.66. The van der Waals surface area contributed by atoms with E-state index in [0.717, 1.165) is 36.6 Å². The van der Waals surface area contributed by atoms with Gasteiger partial charge in [0.15, 0.2) is 0 Å². The van der Waals surface area contributed by atoms with Crippen molar-refractivity contribution < 1.29 is 4.79 Å². The lowest BCUT2D eigenvalue weighted by molar-refractivity contribution is 0.0940. The van der Waals surface area contributed by atoms with Crippen LogP contribution in [0.1, 0.15) is 21.7 Å². The van der Waals surface area contributed by atoms with Crippen molar-refractivity contribution in [1.82, 2.24) is 15.2 Å². The van der Waals surface area contributed by atoms with E-state index in [-0.39, 0.29) is 5.91 Å². The third-order valence-electron chi connectivity index (χ3n) is 3.46. The molecule has 1 aliphatic heterocycles. The zero-order valence-corrected chi connectivity index (χ0v) is 11.8. The molecule has 5 heteroatoms. The lowest BCUT2D eigenvalue weighted by atomic mass is 10.2. The summed E-state index contributed by atoms with van der Waals surface area (Å²) in [6.45, 7) is 3.04. The normalized spacial score (nSPS) is 13.8. The molecule has 20 heavy (non-hydrogen) atoms. The monoisotopic (exact) mass is 289 g/mol. The van der Waals surface area contributed by atoms with E-state index in [1.54, 1.807) is 0 Å². The van der Waals surface area contributed by atoms with Crippen molar-refractivity contribution in [3.63, 3.8) is 0 Å². The van der Waals surface area contributed by atoms with Crippen molar-refractivity contribution in [2.24, 2.45) is 0 Å². The zero-order chi connectivity index (χ0) is 13.9. The Labute approximate surface area is 122 Å². The minimum absolute atomic E-state index is 0.0434. The van der Waals surface area contributed by atoms with Gasteiger partial charge in [-0.3, -0.25) is 4.79 Å². The second-order valence-corrected chi connectivity index (χ2v) is 5.29. The first-order valence-corrected chi connectivity index (χ1v) is 7.03. The van der Waals surface area contributed by atoms with Crippen LogP contribution in [0.5, 0.6) is 0 Å². The number of nitrogens with one attached hydrogen (secondary N) is 2. The third kappa shape index (κ3) is 2.71. The van der Waals surface area contributed by atoms with Gasteiger partial charge >= 0.3 is 0 Å². The summed E-state index contributed by atoms with van der Waals surface area (Å²) in [5.74, 6) is -0.0434. The fourth-order valence-electron chi connectivity index (χ4n) is 2.45. The molecule has 0 spiro atoms. The molecule has 2 N–H and O–H groups in total. The van der Waals surface area contributed by atoms with Gasteiger partial charge in [-0.2, -0.15) is 0 Å². The minimum Gasteiger partial charge on any atom is -0.347 e. The fourth-order valence-corrected chi connectivity index (χ4v) is 2.67.